The van der Waals surface area contributed by atoms with Crippen LogP contribution in [-0.2, 0) is 32.7 Å². The summed E-state index contributed by atoms with van der Waals surface area (Å²) in [4.78, 5) is 35.6. The predicted octanol–water partition coefficient (Wildman–Crippen LogP) is 8.33. The van der Waals surface area contributed by atoms with E-state index in [9.17, 15) is 44.6 Å². The second-order valence-electron chi connectivity index (χ2n) is 15.2. The third-order valence-electron chi connectivity index (χ3n) is 9.78. The topological polar surface area (TPSA) is 210 Å². The van der Waals surface area contributed by atoms with Gasteiger partial charge in [0.15, 0.2) is 6.10 Å². The summed E-state index contributed by atoms with van der Waals surface area (Å²) in [5, 5.41) is 50.1. The number of phosphoric acid groups is 1. The number of unbranched alkanes of at least 4 members (excludes halogenated alkanes) is 11. The summed E-state index contributed by atoms with van der Waals surface area (Å²) in [6.07, 6.45) is 31.0. The summed E-state index contributed by atoms with van der Waals surface area (Å²) in [6.45, 7) is 3.10. The highest BCUT2D eigenvalue weighted by atomic mass is 31.2. The fourth-order valence-electron chi connectivity index (χ4n) is 6.19. The Morgan fingerprint density at radius 2 is 0.950 bits per heavy atom. The Bertz CT molecular complexity index is 1330. The minimum Gasteiger partial charge on any atom is -0.462 e. The van der Waals surface area contributed by atoms with Gasteiger partial charge in [0.1, 0.15) is 43.2 Å². The van der Waals surface area contributed by atoms with E-state index in [4.69, 9.17) is 18.5 Å². The minimum atomic E-state index is -5.13. The van der Waals surface area contributed by atoms with E-state index in [2.05, 4.69) is 86.8 Å². The number of rotatable bonds is 35. The molecule has 0 radical (unpaired) electrons. The predicted molar refractivity (Wildman–Crippen MR) is 235 cm³/mol. The molecule has 8 atom stereocenters. The number of hydrogen-bond acceptors (Lipinski definition) is 12. The third-order valence-corrected chi connectivity index (χ3v) is 10.8. The number of allylic oxidation sites excluding steroid dienone is 12. The molecule has 0 heterocycles. The van der Waals surface area contributed by atoms with Crippen LogP contribution in [0.1, 0.15) is 149 Å². The molecule has 1 aliphatic rings. The largest absolute Gasteiger partial charge is 0.472 e. The molecule has 1 aliphatic carbocycles. The molecule has 60 heavy (non-hydrogen) atoms. The van der Waals surface area contributed by atoms with Crippen molar-refractivity contribution in [2.75, 3.05) is 13.2 Å². The Kier molecular flexibility index (Phi) is 33.0. The first kappa shape index (κ1) is 55.3. The van der Waals surface area contributed by atoms with Crippen molar-refractivity contribution >= 4 is 19.8 Å². The van der Waals surface area contributed by atoms with E-state index in [1.807, 2.05) is 0 Å². The van der Waals surface area contributed by atoms with Crippen molar-refractivity contribution in [1.82, 2.24) is 0 Å². The van der Waals surface area contributed by atoms with Gasteiger partial charge in [-0.1, -0.05) is 125 Å². The van der Waals surface area contributed by atoms with Crippen molar-refractivity contribution < 1.29 is 63.1 Å². The first-order valence-corrected chi connectivity index (χ1v) is 23.7. The molecular weight excluding hydrogens is 791 g/mol. The Morgan fingerprint density at radius 3 is 1.48 bits per heavy atom. The highest BCUT2D eigenvalue weighted by molar-refractivity contribution is 7.47. The fraction of sp³-hybridized carbons (Fsp3) is 0.696. The van der Waals surface area contributed by atoms with E-state index >= 15 is 0 Å². The van der Waals surface area contributed by atoms with Gasteiger partial charge >= 0.3 is 19.8 Å². The van der Waals surface area contributed by atoms with Gasteiger partial charge in [-0.15, -0.1) is 0 Å². The van der Waals surface area contributed by atoms with Gasteiger partial charge in [-0.25, -0.2) is 4.57 Å². The zero-order chi connectivity index (χ0) is 44.3. The average Bonchev–Trinajstić information content (AvgIpc) is 3.23. The monoisotopic (exact) mass is 869 g/mol. The lowest BCUT2D eigenvalue weighted by Crippen LogP contribution is -2.64. The van der Waals surface area contributed by atoms with Crippen LogP contribution in [-0.4, -0.2) is 98.3 Å². The SMILES string of the molecule is CC/C=C/C/C=C/C/C=C/C/C=C/C/C=C/CCCCCC(=O)O[C@H](COC(=O)CCCCCCC/C=C/CCCCC)COP(=O)(O)OC1C(O)C(O)C(O)[C@H](O)C1O. The molecule has 6 N–H and O–H groups in total. The van der Waals surface area contributed by atoms with Crippen LogP contribution in [0.2, 0.25) is 0 Å². The molecule has 0 spiro atoms. The molecule has 6 unspecified atom stereocenters. The zero-order valence-electron chi connectivity index (χ0n) is 36.2. The molecule has 0 aliphatic heterocycles. The maximum atomic E-state index is 12.8. The molecule has 0 bridgehead atoms. The molecule has 13 nitrogen and oxygen atoms in total. The maximum Gasteiger partial charge on any atom is 0.472 e. The van der Waals surface area contributed by atoms with Crippen molar-refractivity contribution in [3.63, 3.8) is 0 Å². The van der Waals surface area contributed by atoms with Gasteiger partial charge < -0.3 is 39.9 Å². The molecule has 0 aromatic heterocycles. The number of carbonyl (C=O) groups is 2. The van der Waals surface area contributed by atoms with Gasteiger partial charge in [-0.2, -0.15) is 0 Å². The number of aliphatic hydroxyl groups is 5. The molecule has 1 saturated carbocycles. The van der Waals surface area contributed by atoms with Crippen LogP contribution < -0.4 is 0 Å². The molecular formula is C46H77O13P. The second-order valence-corrected chi connectivity index (χ2v) is 16.6. The van der Waals surface area contributed by atoms with E-state index in [1.54, 1.807) is 0 Å². The van der Waals surface area contributed by atoms with Gasteiger partial charge in [-0.3, -0.25) is 18.6 Å². The van der Waals surface area contributed by atoms with Gasteiger partial charge in [0.05, 0.1) is 6.61 Å². The van der Waals surface area contributed by atoms with Crippen LogP contribution in [0.5, 0.6) is 0 Å². The van der Waals surface area contributed by atoms with E-state index in [1.165, 1.54) is 19.3 Å². The Morgan fingerprint density at radius 1 is 0.533 bits per heavy atom. The summed E-state index contributed by atoms with van der Waals surface area (Å²) >= 11 is 0. The molecule has 0 aromatic carbocycles. The van der Waals surface area contributed by atoms with Gasteiger partial charge in [-0.05, 0) is 83.5 Å². The standard InChI is InChI=1S/C46H77O13P/c1-3-5-7-9-11-13-15-17-18-19-20-21-22-23-25-27-29-31-33-35-40(48)58-38(36-56-39(47)34-32-30-28-26-24-16-14-12-10-8-6-4-2)37-57-60(54,55)59-46-44(52)42(50)41(49)43(51)45(46)53/h5,7,11-14,17-18,20-21,23,25,38,41-46,49-53H,3-4,6,8-10,15-16,19,22,24,26-37H2,1-2H3,(H,54,55)/b7-5+,13-11+,14-12+,18-17+,21-20+,25-23+/t38-,41?,42+,43?,44?,45?,46?/m1/s1. The van der Waals surface area contributed by atoms with Crippen LogP contribution in [0.25, 0.3) is 0 Å². The lowest BCUT2D eigenvalue weighted by atomic mass is 9.85. The molecule has 1 rings (SSSR count). The normalized spacial score (nSPS) is 22.9. The van der Waals surface area contributed by atoms with Crippen molar-refractivity contribution in [1.29, 1.82) is 0 Å². The third kappa shape index (κ3) is 28.0. The van der Waals surface area contributed by atoms with Gasteiger partial charge in [0.25, 0.3) is 0 Å². The van der Waals surface area contributed by atoms with Crippen LogP contribution in [0, 0.1) is 0 Å². The summed E-state index contributed by atoms with van der Waals surface area (Å²) in [7, 11) is -5.13. The van der Waals surface area contributed by atoms with Crippen LogP contribution in [0.4, 0.5) is 0 Å². The summed E-state index contributed by atoms with van der Waals surface area (Å²) in [5.74, 6) is -1.16. The molecule has 1 fully saturated rings. The Balaban J connectivity index is 2.51. The number of ether oxygens (including phenoxy) is 2. The van der Waals surface area contributed by atoms with Gasteiger partial charge in [0, 0.05) is 12.8 Å². The van der Waals surface area contributed by atoms with E-state index < -0.39 is 75.7 Å². The van der Waals surface area contributed by atoms with E-state index in [0.29, 0.717) is 12.8 Å². The van der Waals surface area contributed by atoms with Crippen molar-refractivity contribution in [3.05, 3.63) is 72.9 Å². The highest BCUT2D eigenvalue weighted by Crippen LogP contribution is 2.47. The smallest absolute Gasteiger partial charge is 0.462 e. The summed E-state index contributed by atoms with van der Waals surface area (Å²) < 4.78 is 33.4. The fourth-order valence-corrected chi connectivity index (χ4v) is 7.16. The van der Waals surface area contributed by atoms with Crippen molar-refractivity contribution in [3.8, 4) is 0 Å². The summed E-state index contributed by atoms with van der Waals surface area (Å²) in [5.41, 5.74) is 0. The number of aliphatic hydroxyl groups excluding tert-OH is 5. The van der Waals surface area contributed by atoms with Crippen LogP contribution in [0.3, 0.4) is 0 Å². The number of phosphoric ester groups is 1. The number of esters is 2. The minimum absolute atomic E-state index is 0.0522. The zero-order valence-corrected chi connectivity index (χ0v) is 37.1. The number of carbonyl (C=O) groups excluding carboxylic acids is 2. The van der Waals surface area contributed by atoms with Crippen LogP contribution >= 0.6 is 7.82 Å². The lowest BCUT2D eigenvalue weighted by Gasteiger charge is -2.41. The quantitative estimate of drug-likeness (QED) is 0.0153. The molecule has 0 saturated heterocycles. The first-order valence-electron chi connectivity index (χ1n) is 22.2. The van der Waals surface area contributed by atoms with Crippen molar-refractivity contribution in [2.24, 2.45) is 0 Å². The first-order chi connectivity index (χ1) is 28.9. The Labute approximate surface area is 359 Å². The Hall–Kier alpha value is -2.71. The lowest BCUT2D eigenvalue weighted by molar-refractivity contribution is -0.220. The average molecular weight is 869 g/mol. The number of hydrogen-bond donors (Lipinski definition) is 6. The van der Waals surface area contributed by atoms with Crippen LogP contribution in [0.15, 0.2) is 72.9 Å². The van der Waals surface area contributed by atoms with E-state index in [-0.39, 0.29) is 12.8 Å². The van der Waals surface area contributed by atoms with Gasteiger partial charge in [0.2, 0.25) is 0 Å². The van der Waals surface area contributed by atoms with E-state index in [0.717, 1.165) is 89.9 Å². The second kappa shape index (κ2) is 35.8. The molecule has 14 heteroatoms. The highest BCUT2D eigenvalue weighted by Gasteiger charge is 2.51. The van der Waals surface area contributed by atoms with Crippen molar-refractivity contribution in [2.45, 2.75) is 191 Å². The maximum absolute atomic E-state index is 12.8. The molecule has 0 amide bonds. The molecule has 344 valence electrons. The molecule has 0 aromatic rings. The summed E-state index contributed by atoms with van der Waals surface area (Å²) in [6, 6.07) is 0.